The van der Waals surface area contributed by atoms with Crippen molar-refractivity contribution in [3.8, 4) is 0 Å². The van der Waals surface area contributed by atoms with Gasteiger partial charge in [-0.2, -0.15) is 13.2 Å². The Hall–Kier alpha value is -9.04. The van der Waals surface area contributed by atoms with E-state index in [1.54, 1.807) is 34.9 Å². The predicted octanol–water partition coefficient (Wildman–Crippen LogP) is 15.0. The third-order valence-corrected chi connectivity index (χ3v) is 19.2. The fraction of sp³-hybridized carbons (Fsp3) is 0.292. The first-order chi connectivity index (χ1) is 44.0. The van der Waals surface area contributed by atoms with Crippen molar-refractivity contribution in [2.24, 2.45) is 5.92 Å². The van der Waals surface area contributed by atoms with Crippen LogP contribution in [0.25, 0.3) is 11.0 Å². The number of alkyl halides is 3. The van der Waals surface area contributed by atoms with Gasteiger partial charge in [-0.25, -0.2) is 27.2 Å². The van der Waals surface area contributed by atoms with Crippen molar-refractivity contribution >= 4 is 38.9 Å². The van der Waals surface area contributed by atoms with Crippen LogP contribution in [0.4, 0.5) is 32.8 Å². The van der Waals surface area contributed by atoms with Gasteiger partial charge in [0, 0.05) is 57.3 Å². The zero-order valence-corrected chi connectivity index (χ0v) is 51.2. The summed E-state index contributed by atoms with van der Waals surface area (Å²) in [5.74, 6) is -0.793. The lowest BCUT2D eigenvalue weighted by molar-refractivity contribution is -0.137. The number of benzene rings is 8. The molecule has 14 nitrogen and oxygen atoms in total. The van der Waals surface area contributed by atoms with E-state index in [4.69, 9.17) is 0 Å². The minimum atomic E-state index is -4.64. The fourth-order valence-corrected chi connectivity index (χ4v) is 14.8. The molecule has 3 unspecified atom stereocenters. The number of para-hydroxylation sites is 3. The zero-order valence-electron chi connectivity index (χ0n) is 50.4. The first-order valence-electron chi connectivity index (χ1n) is 30.8. The Morgan fingerprint density at radius 1 is 0.571 bits per heavy atom. The zero-order chi connectivity index (χ0) is 63.9. The molecule has 91 heavy (non-hydrogen) atoms. The van der Waals surface area contributed by atoms with E-state index >= 15 is 0 Å². The largest absolute Gasteiger partial charge is 0.465 e. The van der Waals surface area contributed by atoms with Crippen molar-refractivity contribution in [3.63, 3.8) is 0 Å². The Morgan fingerprint density at radius 2 is 1.08 bits per heavy atom. The number of aromatic nitrogens is 2. The number of fused-ring (bicyclic) bond motifs is 1. The SMILES string of the molecule is O=C(O)N1CCC(N(c2ccccc2)S(=O)(=O)c2ccc(C(F)(F)F)cc2)C(CCCc2ccccc2)[C@H]1N(Cc1ccccc1)Cc1ccccc1.O=C(O)N1CCC(n2c(=O)[nH]c3ccccc32)C[C@@H]1CCCN(Cc1ccccc1)Cc1ccc(F)cc1. The Bertz CT molecular complexity index is 3900. The van der Waals surface area contributed by atoms with E-state index in [1.807, 2.05) is 146 Å². The van der Waals surface area contributed by atoms with Gasteiger partial charge in [-0.1, -0.05) is 164 Å². The molecule has 5 atom stereocenters. The number of amides is 2. The van der Waals surface area contributed by atoms with Crippen LogP contribution in [0.3, 0.4) is 0 Å². The van der Waals surface area contributed by atoms with E-state index in [2.05, 4.69) is 26.9 Å². The molecule has 0 spiro atoms. The lowest BCUT2D eigenvalue weighted by Crippen LogP contribution is -2.64. The average molecular weight is 1260 g/mol. The third-order valence-electron chi connectivity index (χ3n) is 17.3. The van der Waals surface area contributed by atoms with Crippen molar-refractivity contribution in [2.75, 3.05) is 23.9 Å². The predicted molar refractivity (Wildman–Crippen MR) is 345 cm³/mol. The lowest BCUT2D eigenvalue weighted by Gasteiger charge is -2.52. The number of carbonyl (C=O) groups is 2. The van der Waals surface area contributed by atoms with Gasteiger partial charge in [0.2, 0.25) is 0 Å². The molecule has 11 rings (SSSR count). The molecule has 8 aromatic carbocycles. The number of likely N-dealkylation sites (tertiary alicyclic amines) is 2. The number of nitrogens with zero attached hydrogens (tertiary/aromatic N) is 6. The van der Waals surface area contributed by atoms with E-state index in [0.717, 1.165) is 77.1 Å². The van der Waals surface area contributed by atoms with Crippen molar-refractivity contribution in [1.29, 1.82) is 0 Å². The molecule has 1 aromatic heterocycles. The highest BCUT2D eigenvalue weighted by atomic mass is 32.2. The van der Waals surface area contributed by atoms with E-state index in [1.165, 1.54) is 31.8 Å². The van der Waals surface area contributed by atoms with E-state index < -0.39 is 52.1 Å². The van der Waals surface area contributed by atoms with Crippen LogP contribution in [-0.2, 0) is 48.8 Å². The molecular formula is C72H75F4N7O7S. The van der Waals surface area contributed by atoms with Crippen LogP contribution >= 0.6 is 0 Å². The van der Waals surface area contributed by atoms with Crippen molar-refractivity contribution in [3.05, 3.63) is 274 Å². The number of piperidine rings is 2. The second kappa shape index (κ2) is 30.2. The minimum absolute atomic E-state index is 0.0474. The van der Waals surface area contributed by atoms with Gasteiger partial charge >= 0.3 is 24.1 Å². The average Bonchev–Trinajstić information content (AvgIpc) is 1.17. The molecule has 19 heteroatoms. The van der Waals surface area contributed by atoms with Crippen LogP contribution in [0.15, 0.2) is 234 Å². The van der Waals surface area contributed by atoms with Crippen molar-refractivity contribution in [2.45, 2.75) is 113 Å². The fourth-order valence-electron chi connectivity index (χ4n) is 13.1. The smallest absolute Gasteiger partial charge is 0.416 e. The molecule has 2 saturated heterocycles. The molecule has 474 valence electrons. The molecule has 2 amide bonds. The molecule has 0 saturated carbocycles. The Balaban J connectivity index is 0.000000211. The van der Waals surface area contributed by atoms with Gasteiger partial charge in [-0.05, 0) is 146 Å². The van der Waals surface area contributed by atoms with Gasteiger partial charge in [0.15, 0.2) is 0 Å². The molecule has 2 aliphatic heterocycles. The number of rotatable bonds is 22. The number of H-pyrrole nitrogens is 1. The highest BCUT2D eigenvalue weighted by molar-refractivity contribution is 7.92. The number of aryl methyl sites for hydroxylation is 1. The Morgan fingerprint density at radius 3 is 1.64 bits per heavy atom. The second-order valence-electron chi connectivity index (χ2n) is 23.4. The summed E-state index contributed by atoms with van der Waals surface area (Å²) in [6.45, 7) is 3.43. The molecule has 0 bridgehead atoms. The number of hydrogen-bond acceptors (Lipinski definition) is 7. The van der Waals surface area contributed by atoms with Crippen LogP contribution in [0, 0.1) is 11.7 Å². The Kier molecular flexibility index (Phi) is 21.5. The summed E-state index contributed by atoms with van der Waals surface area (Å²) in [4.78, 5) is 48.1. The number of aromatic amines is 1. The summed E-state index contributed by atoms with van der Waals surface area (Å²) >= 11 is 0. The first-order valence-corrected chi connectivity index (χ1v) is 32.3. The topological polar surface area (TPSA) is 163 Å². The van der Waals surface area contributed by atoms with Gasteiger partial charge in [0.1, 0.15) is 5.82 Å². The van der Waals surface area contributed by atoms with Crippen LogP contribution < -0.4 is 9.99 Å². The maximum atomic E-state index is 14.8. The maximum Gasteiger partial charge on any atom is 0.416 e. The number of carboxylic acid groups (broad SMARTS) is 2. The van der Waals surface area contributed by atoms with Crippen molar-refractivity contribution in [1.82, 2.24) is 29.2 Å². The van der Waals surface area contributed by atoms with Gasteiger partial charge in [0.05, 0.1) is 39.4 Å². The normalized spacial score (nSPS) is 17.8. The van der Waals surface area contributed by atoms with E-state index in [9.17, 15) is 50.6 Å². The van der Waals surface area contributed by atoms with Gasteiger partial charge in [-0.15, -0.1) is 0 Å². The van der Waals surface area contributed by atoms with E-state index in [0.29, 0.717) is 70.4 Å². The molecule has 2 aliphatic rings. The summed E-state index contributed by atoms with van der Waals surface area (Å²) < 4.78 is 86.8. The van der Waals surface area contributed by atoms with Gasteiger partial charge < -0.3 is 20.1 Å². The third kappa shape index (κ3) is 16.7. The van der Waals surface area contributed by atoms with Gasteiger partial charge in [0.25, 0.3) is 10.0 Å². The number of anilines is 1. The summed E-state index contributed by atoms with van der Waals surface area (Å²) in [7, 11) is -4.45. The highest BCUT2D eigenvalue weighted by Crippen LogP contribution is 2.41. The molecule has 3 heterocycles. The number of nitrogens with one attached hydrogen (secondary N) is 1. The van der Waals surface area contributed by atoms with Crippen LogP contribution in [-0.4, -0.2) is 97.9 Å². The monoisotopic (exact) mass is 1260 g/mol. The lowest BCUT2D eigenvalue weighted by atomic mass is 9.83. The van der Waals surface area contributed by atoms with Crippen LogP contribution in [0.2, 0.25) is 0 Å². The standard InChI is InChI=1S/C42H42F3N3O4S.C30H33FN4O3/c43-42(44,45)35-24-26-37(27-25-35)53(51,52)48(36-21-11-4-12-22-36)39-28-29-47(41(49)50)40(38(39)23-13-20-32-14-5-1-6-15-32)46(30-33-16-7-2-8-17-33)31-34-18-9-3-10-19-34;31-24-14-12-23(13-15-24)21-33(20-22-7-2-1-3-8-22)17-6-9-25-19-26(16-18-34(25)30(37)38)35-28-11-5-4-10-27(28)32-29(35)36/h1-12,14-19,21-22,24-27,38-40H,13,20,23,28-31H2,(H,49,50);1-5,7-8,10-15,25-26H,6,9,16-21H2,(H,32,36)(H,37,38)/t38?,39?,40-;25-,26?/m00/s1. The number of sulfonamides is 1. The molecular weight excluding hydrogens is 1180 g/mol. The summed E-state index contributed by atoms with van der Waals surface area (Å²) in [6, 6.07) is 65.0. The quantitative estimate of drug-likeness (QED) is 0.0561. The molecule has 3 N–H and O–H groups in total. The summed E-state index contributed by atoms with van der Waals surface area (Å²) in [6.07, 6.45) is -2.71. The van der Waals surface area contributed by atoms with E-state index in [-0.39, 0.29) is 41.5 Å². The summed E-state index contributed by atoms with van der Waals surface area (Å²) in [5.41, 5.74) is 6.18. The molecule has 0 radical (unpaired) electrons. The number of hydrogen-bond donors (Lipinski definition) is 3. The van der Waals surface area contributed by atoms with Crippen LogP contribution in [0.1, 0.15) is 84.4 Å². The molecule has 0 aliphatic carbocycles. The van der Waals surface area contributed by atoms with Gasteiger partial charge in [-0.3, -0.25) is 23.6 Å². The maximum absolute atomic E-state index is 14.8. The molecule has 2 fully saturated rings. The molecule has 9 aromatic rings. The highest BCUT2D eigenvalue weighted by Gasteiger charge is 2.48. The second-order valence-corrected chi connectivity index (χ2v) is 25.2. The summed E-state index contributed by atoms with van der Waals surface area (Å²) in [5, 5.41) is 20.6. The van der Waals surface area contributed by atoms with Crippen molar-refractivity contribution < 1.29 is 45.8 Å². The number of halogens is 4. The first kappa shape index (κ1) is 64.9. The van der Waals surface area contributed by atoms with Crippen LogP contribution in [0.5, 0.6) is 0 Å². The Labute approximate surface area is 528 Å². The minimum Gasteiger partial charge on any atom is -0.465 e. The number of imidazole rings is 1.